The third-order valence-electron chi connectivity index (χ3n) is 3.46. The molecule has 4 rings (SSSR count). The monoisotopic (exact) mass is 306 g/mol. The Kier molecular flexibility index (Phi) is 2.83. The van der Waals surface area contributed by atoms with Crippen molar-refractivity contribution in [2.75, 3.05) is 19.7 Å². The van der Waals surface area contributed by atoms with E-state index in [4.69, 9.17) is 0 Å². The molecule has 0 amide bonds. The molecule has 0 spiro atoms. The molecule has 2 aliphatic heterocycles. The summed E-state index contributed by atoms with van der Waals surface area (Å²) in [6.07, 6.45) is 0. The first-order valence-corrected chi connectivity index (χ1v) is 7.98. The minimum absolute atomic E-state index is 0.0428. The minimum atomic E-state index is -0.245. The molecule has 0 atom stereocenters. The highest BCUT2D eigenvalue weighted by molar-refractivity contribution is 8.17. The second kappa shape index (κ2) is 4.58. The van der Waals surface area contributed by atoms with E-state index in [9.17, 15) is 9.50 Å². The Morgan fingerprint density at radius 2 is 2.30 bits per heavy atom. The van der Waals surface area contributed by atoms with Gasteiger partial charge in [0.05, 0.1) is 18.8 Å². The molecule has 2 aromatic rings. The highest BCUT2D eigenvalue weighted by Gasteiger charge is 2.33. The fourth-order valence-electron chi connectivity index (χ4n) is 2.65. The molecule has 3 nitrogen and oxygen atoms in total. The first-order valence-electron chi connectivity index (χ1n) is 6.29. The molecule has 1 N–H and O–H groups in total. The zero-order valence-corrected chi connectivity index (χ0v) is 12.1. The molecule has 1 aromatic carbocycles. The summed E-state index contributed by atoms with van der Waals surface area (Å²) in [6, 6.07) is 5.04. The van der Waals surface area contributed by atoms with Crippen molar-refractivity contribution in [3.8, 4) is 0 Å². The van der Waals surface area contributed by atoms with Gasteiger partial charge in [-0.2, -0.15) is 0 Å². The lowest BCUT2D eigenvalue weighted by Gasteiger charge is -2.18. The summed E-state index contributed by atoms with van der Waals surface area (Å²) in [5, 5.41) is 13.4. The fraction of sp³-hybridized carbons (Fsp3) is 0.214. The van der Waals surface area contributed by atoms with Crippen molar-refractivity contribution in [3.63, 3.8) is 0 Å². The zero-order chi connectivity index (χ0) is 13.7. The number of rotatable bonds is 2. The molecule has 0 aliphatic carbocycles. The largest absolute Gasteiger partial charge is 0.391 e. The Bertz CT molecular complexity index is 766. The van der Waals surface area contributed by atoms with Gasteiger partial charge in [0.1, 0.15) is 5.82 Å². The van der Waals surface area contributed by atoms with Crippen LogP contribution in [0.15, 0.2) is 33.5 Å². The number of hydrogen-bond donors (Lipinski definition) is 1. The number of aliphatic imine (C=N–C) groups is 1. The van der Waals surface area contributed by atoms with E-state index in [1.807, 2.05) is 11.4 Å². The van der Waals surface area contributed by atoms with Gasteiger partial charge in [-0.3, -0.25) is 4.99 Å². The Morgan fingerprint density at radius 1 is 1.40 bits per heavy atom. The Morgan fingerprint density at radius 3 is 3.15 bits per heavy atom. The van der Waals surface area contributed by atoms with Crippen LogP contribution in [0.25, 0.3) is 15.8 Å². The van der Waals surface area contributed by atoms with E-state index in [0.717, 1.165) is 44.5 Å². The predicted octanol–water partition coefficient (Wildman–Crippen LogP) is 3.12. The van der Waals surface area contributed by atoms with Crippen molar-refractivity contribution < 1.29 is 9.50 Å². The maximum absolute atomic E-state index is 13.9. The van der Waals surface area contributed by atoms with E-state index in [1.165, 1.54) is 11.8 Å². The average Bonchev–Trinajstić information content (AvgIpc) is 3.11. The van der Waals surface area contributed by atoms with Gasteiger partial charge in [-0.15, -0.1) is 11.3 Å². The molecule has 0 bridgehead atoms. The summed E-state index contributed by atoms with van der Waals surface area (Å²) in [6.45, 7) is 1.51. The van der Waals surface area contributed by atoms with Crippen molar-refractivity contribution >= 4 is 44.0 Å². The van der Waals surface area contributed by atoms with Gasteiger partial charge in [0.15, 0.2) is 5.17 Å². The molecule has 0 radical (unpaired) electrons. The van der Waals surface area contributed by atoms with Crippen LogP contribution in [0.5, 0.6) is 0 Å². The van der Waals surface area contributed by atoms with Crippen molar-refractivity contribution in [1.82, 2.24) is 4.90 Å². The maximum Gasteiger partial charge on any atom is 0.168 e. The summed E-state index contributed by atoms with van der Waals surface area (Å²) in [7, 11) is 0. The number of thiophene rings is 1. The van der Waals surface area contributed by atoms with E-state index in [1.54, 1.807) is 23.5 Å². The Balaban J connectivity index is 1.97. The van der Waals surface area contributed by atoms with Gasteiger partial charge in [0, 0.05) is 21.7 Å². The molecule has 0 unspecified atom stereocenters. The van der Waals surface area contributed by atoms with Crippen LogP contribution in [-0.4, -0.2) is 34.9 Å². The number of hydrogen-bond acceptors (Lipinski definition) is 5. The Hall–Kier alpha value is -1.37. The van der Waals surface area contributed by atoms with E-state index in [0.29, 0.717) is 0 Å². The normalized spacial score (nSPS) is 18.1. The standard InChI is InChI=1S/C14H11FN2OS2/c15-9-5-8-1-4-19-13(8)10(6-9)12-11(7-18)20-14-16-2-3-17(12)14/h1,4-6,18H,2-3,7H2. The Labute approximate surface area is 123 Å². The quantitative estimate of drug-likeness (QED) is 0.926. The van der Waals surface area contributed by atoms with Crippen LogP contribution in [0.3, 0.4) is 0 Å². The molecular formula is C14H11FN2OS2. The number of halogens is 1. The van der Waals surface area contributed by atoms with Gasteiger partial charge < -0.3 is 10.0 Å². The number of thioether (sulfide) groups is 1. The number of fused-ring (bicyclic) bond motifs is 2. The van der Waals surface area contributed by atoms with Crippen LogP contribution in [0, 0.1) is 5.82 Å². The van der Waals surface area contributed by atoms with Crippen molar-refractivity contribution in [2.24, 2.45) is 4.99 Å². The third-order valence-corrected chi connectivity index (χ3v) is 5.53. The molecule has 6 heteroatoms. The summed E-state index contributed by atoms with van der Waals surface area (Å²) in [4.78, 5) is 7.36. The summed E-state index contributed by atoms with van der Waals surface area (Å²) >= 11 is 3.09. The molecular weight excluding hydrogens is 295 g/mol. The zero-order valence-electron chi connectivity index (χ0n) is 10.5. The van der Waals surface area contributed by atoms with Gasteiger partial charge in [0.25, 0.3) is 0 Å². The van der Waals surface area contributed by atoms with E-state index < -0.39 is 0 Å². The molecule has 20 heavy (non-hydrogen) atoms. The lowest BCUT2D eigenvalue weighted by atomic mass is 10.1. The highest BCUT2D eigenvalue weighted by Crippen LogP contribution is 2.44. The molecule has 0 saturated carbocycles. The van der Waals surface area contributed by atoms with Crippen LogP contribution in [0.2, 0.25) is 0 Å². The van der Waals surface area contributed by atoms with Gasteiger partial charge in [-0.25, -0.2) is 4.39 Å². The number of nitrogens with zero attached hydrogens (tertiary/aromatic N) is 2. The van der Waals surface area contributed by atoms with Gasteiger partial charge in [-0.1, -0.05) is 11.8 Å². The molecule has 0 fully saturated rings. The van der Waals surface area contributed by atoms with Crippen molar-refractivity contribution in [2.45, 2.75) is 0 Å². The number of aliphatic hydroxyl groups is 1. The van der Waals surface area contributed by atoms with Crippen LogP contribution >= 0.6 is 23.1 Å². The fourth-order valence-corrected chi connectivity index (χ4v) is 4.60. The average molecular weight is 306 g/mol. The number of aliphatic hydroxyl groups excluding tert-OH is 1. The van der Waals surface area contributed by atoms with Crippen molar-refractivity contribution in [1.29, 1.82) is 0 Å². The van der Waals surface area contributed by atoms with Crippen LogP contribution in [-0.2, 0) is 0 Å². The van der Waals surface area contributed by atoms with Gasteiger partial charge in [-0.05, 0) is 29.0 Å². The van der Waals surface area contributed by atoms with E-state index >= 15 is 0 Å². The molecule has 102 valence electrons. The van der Waals surface area contributed by atoms with Crippen LogP contribution in [0.1, 0.15) is 5.56 Å². The van der Waals surface area contributed by atoms with Gasteiger partial charge >= 0.3 is 0 Å². The van der Waals surface area contributed by atoms with E-state index in [2.05, 4.69) is 9.89 Å². The highest BCUT2D eigenvalue weighted by atomic mass is 32.2. The molecule has 1 aromatic heterocycles. The predicted molar refractivity (Wildman–Crippen MR) is 82.4 cm³/mol. The second-order valence-corrected chi connectivity index (χ2v) is 6.62. The number of amidine groups is 1. The first-order chi connectivity index (χ1) is 9.78. The lowest BCUT2D eigenvalue weighted by molar-refractivity contribution is 0.339. The maximum atomic E-state index is 13.9. The SMILES string of the molecule is OCC1=C(c2cc(F)cc3ccsc23)N2CCN=C2S1. The molecule has 2 aliphatic rings. The third kappa shape index (κ3) is 1.72. The summed E-state index contributed by atoms with van der Waals surface area (Å²) < 4.78 is 14.9. The van der Waals surface area contributed by atoms with Crippen molar-refractivity contribution in [3.05, 3.63) is 39.9 Å². The lowest BCUT2D eigenvalue weighted by Crippen LogP contribution is -2.20. The van der Waals surface area contributed by atoms with Crippen LogP contribution in [0.4, 0.5) is 4.39 Å². The number of benzene rings is 1. The summed E-state index contributed by atoms with van der Waals surface area (Å²) in [5.74, 6) is -0.245. The second-order valence-electron chi connectivity index (χ2n) is 4.64. The topological polar surface area (TPSA) is 35.8 Å². The smallest absolute Gasteiger partial charge is 0.168 e. The van der Waals surface area contributed by atoms with E-state index in [-0.39, 0.29) is 12.4 Å². The molecule has 3 heterocycles. The van der Waals surface area contributed by atoms with Gasteiger partial charge in [0.2, 0.25) is 0 Å². The molecule has 0 saturated heterocycles. The summed E-state index contributed by atoms with van der Waals surface area (Å²) in [5.41, 5.74) is 1.78. The first kappa shape index (κ1) is 12.4. The minimum Gasteiger partial charge on any atom is -0.391 e. The van der Waals surface area contributed by atoms with Crippen LogP contribution < -0.4 is 0 Å².